The molecule has 0 aliphatic rings. The van der Waals surface area contributed by atoms with Crippen molar-refractivity contribution < 1.29 is 19.7 Å². The second-order valence-electron chi connectivity index (χ2n) is 4.04. The number of carboxylic acids is 1. The normalized spacial score (nSPS) is 12.2. The van der Waals surface area contributed by atoms with Gasteiger partial charge in [0.25, 0.3) is 0 Å². The van der Waals surface area contributed by atoms with Crippen molar-refractivity contribution in [2.75, 3.05) is 7.11 Å². The van der Waals surface area contributed by atoms with Crippen LogP contribution in [0.2, 0.25) is 5.02 Å². The van der Waals surface area contributed by atoms with Crippen molar-refractivity contribution in [2.45, 2.75) is 31.8 Å². The number of hydrogen-bond acceptors (Lipinski definition) is 3. The molecule has 0 radical (unpaired) electrons. The second-order valence-corrected chi connectivity index (χ2v) is 4.45. The van der Waals surface area contributed by atoms with Crippen LogP contribution in [0, 0.1) is 0 Å². The molecular weight excluding hydrogens is 256 g/mol. The van der Waals surface area contributed by atoms with E-state index in [0.29, 0.717) is 35.6 Å². The van der Waals surface area contributed by atoms with Gasteiger partial charge in [0.1, 0.15) is 5.75 Å². The number of aliphatic carboxylic acids is 1. The summed E-state index contributed by atoms with van der Waals surface area (Å²) in [4.78, 5) is 10.3. The van der Waals surface area contributed by atoms with Crippen LogP contribution in [0.5, 0.6) is 5.75 Å². The first-order valence-electron chi connectivity index (χ1n) is 5.78. The molecule has 5 heteroatoms. The minimum atomic E-state index is -0.813. The van der Waals surface area contributed by atoms with Crippen molar-refractivity contribution in [3.05, 3.63) is 28.8 Å². The first-order chi connectivity index (χ1) is 8.54. The molecule has 0 heterocycles. The molecule has 0 aliphatic carbocycles. The van der Waals surface area contributed by atoms with Gasteiger partial charge in [-0.2, -0.15) is 0 Å². The zero-order valence-corrected chi connectivity index (χ0v) is 11.0. The summed E-state index contributed by atoms with van der Waals surface area (Å²) in [5.41, 5.74) is 0.646. The maximum Gasteiger partial charge on any atom is 0.303 e. The van der Waals surface area contributed by atoms with Gasteiger partial charge in [-0.05, 0) is 37.0 Å². The van der Waals surface area contributed by atoms with Crippen LogP contribution in [-0.4, -0.2) is 23.3 Å². The van der Waals surface area contributed by atoms with E-state index in [2.05, 4.69) is 0 Å². The molecule has 0 aliphatic heterocycles. The van der Waals surface area contributed by atoms with Crippen molar-refractivity contribution in [3.63, 3.8) is 0 Å². The number of carbonyl (C=O) groups is 1. The molecule has 0 aromatic heterocycles. The zero-order chi connectivity index (χ0) is 13.5. The number of aliphatic hydroxyl groups is 1. The molecule has 0 saturated heterocycles. The molecule has 2 N–H and O–H groups in total. The lowest BCUT2D eigenvalue weighted by Gasteiger charge is -2.13. The molecular formula is C13H17ClO4. The third kappa shape index (κ3) is 4.55. The monoisotopic (exact) mass is 272 g/mol. The van der Waals surface area contributed by atoms with Crippen molar-refractivity contribution in [1.29, 1.82) is 0 Å². The number of ether oxygens (including phenoxy) is 1. The van der Waals surface area contributed by atoms with E-state index in [1.807, 2.05) is 0 Å². The van der Waals surface area contributed by atoms with Crippen LogP contribution in [0.1, 0.15) is 37.4 Å². The van der Waals surface area contributed by atoms with E-state index in [1.165, 1.54) is 0 Å². The average Bonchev–Trinajstić information content (AvgIpc) is 2.33. The highest BCUT2D eigenvalue weighted by molar-refractivity contribution is 6.31. The molecule has 0 spiro atoms. The minimum absolute atomic E-state index is 0.128. The SMILES string of the molecule is COc1ccc(C(O)CCCCC(=O)O)c(Cl)c1. The quantitative estimate of drug-likeness (QED) is 0.749. The van der Waals surface area contributed by atoms with Crippen LogP contribution in [-0.2, 0) is 4.79 Å². The Labute approximate surface area is 111 Å². The van der Waals surface area contributed by atoms with E-state index in [9.17, 15) is 9.90 Å². The number of hydrogen-bond donors (Lipinski definition) is 2. The largest absolute Gasteiger partial charge is 0.497 e. The highest BCUT2D eigenvalue weighted by Crippen LogP contribution is 2.29. The molecule has 0 bridgehead atoms. The Morgan fingerprint density at radius 1 is 1.44 bits per heavy atom. The lowest BCUT2D eigenvalue weighted by Crippen LogP contribution is -2.00. The summed E-state index contributed by atoms with van der Waals surface area (Å²) < 4.78 is 5.02. The molecule has 0 saturated carbocycles. The van der Waals surface area contributed by atoms with E-state index in [1.54, 1.807) is 25.3 Å². The van der Waals surface area contributed by atoms with E-state index in [-0.39, 0.29) is 6.42 Å². The van der Waals surface area contributed by atoms with Gasteiger partial charge in [-0.3, -0.25) is 4.79 Å². The highest BCUT2D eigenvalue weighted by Gasteiger charge is 2.12. The smallest absolute Gasteiger partial charge is 0.303 e. The average molecular weight is 273 g/mol. The first-order valence-corrected chi connectivity index (χ1v) is 6.15. The molecule has 0 amide bonds. The van der Waals surface area contributed by atoms with Gasteiger partial charge in [0.2, 0.25) is 0 Å². The third-order valence-electron chi connectivity index (χ3n) is 2.68. The van der Waals surface area contributed by atoms with Gasteiger partial charge < -0.3 is 14.9 Å². The van der Waals surface area contributed by atoms with Crippen LogP contribution < -0.4 is 4.74 Å². The van der Waals surface area contributed by atoms with Gasteiger partial charge in [-0.1, -0.05) is 17.7 Å². The van der Waals surface area contributed by atoms with Crippen molar-refractivity contribution in [3.8, 4) is 5.75 Å². The summed E-state index contributed by atoms with van der Waals surface area (Å²) in [5, 5.41) is 18.9. The molecule has 100 valence electrons. The van der Waals surface area contributed by atoms with Gasteiger partial charge in [0.05, 0.1) is 18.2 Å². The summed E-state index contributed by atoms with van der Waals surface area (Å²) >= 11 is 6.03. The van der Waals surface area contributed by atoms with E-state index in [4.69, 9.17) is 21.4 Å². The Balaban J connectivity index is 2.50. The summed E-state index contributed by atoms with van der Waals surface area (Å²) in [7, 11) is 1.55. The van der Waals surface area contributed by atoms with E-state index in [0.717, 1.165) is 0 Å². The fourth-order valence-corrected chi connectivity index (χ4v) is 1.97. The third-order valence-corrected chi connectivity index (χ3v) is 3.01. The fraction of sp³-hybridized carbons (Fsp3) is 0.462. The highest BCUT2D eigenvalue weighted by atomic mass is 35.5. The Bertz CT molecular complexity index is 406. The van der Waals surface area contributed by atoms with Crippen LogP contribution in [0.15, 0.2) is 18.2 Å². The number of unbranched alkanes of at least 4 members (excludes halogenated alkanes) is 1. The Hall–Kier alpha value is -1.26. The standard InChI is InChI=1S/C13H17ClO4/c1-18-9-6-7-10(11(14)8-9)12(15)4-2-3-5-13(16)17/h6-8,12,15H,2-5H2,1H3,(H,16,17). The second kappa shape index (κ2) is 7.24. The number of benzene rings is 1. The van der Waals surface area contributed by atoms with Gasteiger partial charge in [0.15, 0.2) is 0 Å². The predicted molar refractivity (Wildman–Crippen MR) is 69.1 cm³/mol. The molecule has 18 heavy (non-hydrogen) atoms. The van der Waals surface area contributed by atoms with Crippen LogP contribution in [0.3, 0.4) is 0 Å². The molecule has 0 fully saturated rings. The van der Waals surface area contributed by atoms with Crippen LogP contribution in [0.4, 0.5) is 0 Å². The fourth-order valence-electron chi connectivity index (χ4n) is 1.67. The van der Waals surface area contributed by atoms with Crippen LogP contribution in [0.25, 0.3) is 0 Å². The summed E-state index contributed by atoms with van der Waals surface area (Å²) in [6.45, 7) is 0. The molecule has 1 unspecified atom stereocenters. The Kier molecular flexibility index (Phi) is 5.95. The number of methoxy groups -OCH3 is 1. The number of rotatable bonds is 7. The number of carboxylic acid groups (broad SMARTS) is 1. The summed E-state index contributed by atoms with van der Waals surface area (Å²) in [5.74, 6) is -0.172. The van der Waals surface area contributed by atoms with Gasteiger partial charge >= 0.3 is 5.97 Å². The minimum Gasteiger partial charge on any atom is -0.497 e. The summed E-state index contributed by atoms with van der Waals surface area (Å²) in [6.07, 6.45) is 1.16. The van der Waals surface area contributed by atoms with E-state index >= 15 is 0 Å². The first kappa shape index (κ1) is 14.8. The number of aliphatic hydroxyl groups excluding tert-OH is 1. The molecule has 1 atom stereocenters. The Morgan fingerprint density at radius 3 is 2.72 bits per heavy atom. The van der Waals surface area contributed by atoms with Crippen molar-refractivity contribution >= 4 is 17.6 Å². The lowest BCUT2D eigenvalue weighted by atomic mass is 10.0. The number of halogens is 1. The maximum atomic E-state index is 10.3. The van der Waals surface area contributed by atoms with E-state index < -0.39 is 12.1 Å². The molecule has 1 aromatic carbocycles. The lowest BCUT2D eigenvalue weighted by molar-refractivity contribution is -0.137. The molecule has 1 aromatic rings. The van der Waals surface area contributed by atoms with Gasteiger partial charge in [-0.25, -0.2) is 0 Å². The maximum absolute atomic E-state index is 10.3. The predicted octanol–water partition coefficient (Wildman–Crippen LogP) is 3.03. The Morgan fingerprint density at radius 2 is 2.17 bits per heavy atom. The van der Waals surface area contributed by atoms with Crippen molar-refractivity contribution in [1.82, 2.24) is 0 Å². The van der Waals surface area contributed by atoms with Crippen LogP contribution >= 0.6 is 11.6 Å². The molecule has 4 nitrogen and oxygen atoms in total. The topological polar surface area (TPSA) is 66.8 Å². The van der Waals surface area contributed by atoms with Crippen molar-refractivity contribution in [2.24, 2.45) is 0 Å². The van der Waals surface area contributed by atoms with Gasteiger partial charge in [0, 0.05) is 6.42 Å². The van der Waals surface area contributed by atoms with Gasteiger partial charge in [-0.15, -0.1) is 0 Å². The summed E-state index contributed by atoms with van der Waals surface area (Å²) in [6, 6.07) is 5.11. The molecule has 1 rings (SSSR count). The zero-order valence-electron chi connectivity index (χ0n) is 10.2.